The number of nitrogens with zero attached hydrogens (tertiary/aromatic N) is 1. The average Bonchev–Trinajstić information content (AvgIpc) is 2.97. The number of aliphatic carboxylic acids is 1. The number of hydrogen-bond acceptors (Lipinski definition) is 3. The molecule has 2 rings (SSSR count). The third-order valence-electron chi connectivity index (χ3n) is 5.25. The zero-order chi connectivity index (χ0) is 19.5. The second-order valence-electron chi connectivity index (χ2n) is 8.41. The Labute approximate surface area is 156 Å². The largest absolute Gasteiger partial charge is 0.480 e. The molecule has 1 fully saturated rings. The molecule has 1 atom stereocenters. The lowest BCUT2D eigenvalue weighted by Gasteiger charge is -2.23. The molecule has 5 heteroatoms. The van der Waals surface area contributed by atoms with Crippen LogP contribution in [0.25, 0.3) is 0 Å². The minimum absolute atomic E-state index is 0.0974. The highest BCUT2D eigenvalue weighted by Gasteiger charge is 2.31. The summed E-state index contributed by atoms with van der Waals surface area (Å²) < 4.78 is 0. The standard InChI is InChI=1S/C21H32N2O3/c1-14-11-16(21(3,4)5)12-15(2)17(14)8-9-22-19(24)13-23-10-6-7-18(23)20(25)26/h11-12,18H,6-10,13H2,1-5H3,(H,22,24)(H,25,26)/t18-/m1/s1. The van der Waals surface area contributed by atoms with E-state index in [9.17, 15) is 14.7 Å². The van der Waals surface area contributed by atoms with Crippen LogP contribution in [-0.4, -0.2) is 47.6 Å². The van der Waals surface area contributed by atoms with Crippen LogP contribution in [0, 0.1) is 13.8 Å². The maximum absolute atomic E-state index is 12.2. The molecule has 1 aromatic carbocycles. The molecule has 0 aromatic heterocycles. The van der Waals surface area contributed by atoms with Crippen molar-refractivity contribution < 1.29 is 14.7 Å². The summed E-state index contributed by atoms with van der Waals surface area (Å²) in [6.07, 6.45) is 2.25. The summed E-state index contributed by atoms with van der Waals surface area (Å²) in [5.41, 5.74) is 5.25. The summed E-state index contributed by atoms with van der Waals surface area (Å²) in [6.45, 7) is 12.3. The smallest absolute Gasteiger partial charge is 0.320 e. The molecule has 0 unspecified atom stereocenters. The van der Waals surface area contributed by atoms with Crippen LogP contribution in [-0.2, 0) is 21.4 Å². The molecule has 0 radical (unpaired) electrons. The SMILES string of the molecule is Cc1cc(C(C)(C)C)cc(C)c1CCNC(=O)CN1CCC[C@@H]1C(=O)O. The number of carbonyl (C=O) groups is 2. The molecule has 0 saturated carbocycles. The van der Waals surface area contributed by atoms with E-state index in [1.165, 1.54) is 22.3 Å². The molecule has 1 heterocycles. The highest BCUT2D eigenvalue weighted by atomic mass is 16.4. The number of carbonyl (C=O) groups excluding carboxylic acids is 1. The van der Waals surface area contributed by atoms with E-state index in [1.807, 2.05) is 0 Å². The predicted molar refractivity (Wildman–Crippen MR) is 104 cm³/mol. The van der Waals surface area contributed by atoms with Crippen molar-refractivity contribution in [3.8, 4) is 0 Å². The second-order valence-corrected chi connectivity index (χ2v) is 8.41. The van der Waals surface area contributed by atoms with E-state index < -0.39 is 12.0 Å². The van der Waals surface area contributed by atoms with Crippen molar-refractivity contribution in [2.24, 2.45) is 0 Å². The Kier molecular flexibility index (Phi) is 6.45. The van der Waals surface area contributed by atoms with E-state index in [0.29, 0.717) is 19.5 Å². The Bertz CT molecular complexity index is 653. The number of carboxylic acids is 1. The summed E-state index contributed by atoms with van der Waals surface area (Å²) in [5.74, 6) is -0.930. The fourth-order valence-electron chi connectivity index (χ4n) is 3.68. The lowest BCUT2D eigenvalue weighted by atomic mass is 9.83. The topological polar surface area (TPSA) is 69.6 Å². The number of benzene rings is 1. The molecule has 1 saturated heterocycles. The van der Waals surface area contributed by atoms with Gasteiger partial charge in [-0.3, -0.25) is 14.5 Å². The molecule has 1 amide bonds. The molecule has 144 valence electrons. The normalized spacial score (nSPS) is 18.1. The van der Waals surface area contributed by atoms with Crippen LogP contribution >= 0.6 is 0 Å². The van der Waals surface area contributed by atoms with Crippen LogP contribution in [0.5, 0.6) is 0 Å². The minimum atomic E-state index is -0.833. The third-order valence-corrected chi connectivity index (χ3v) is 5.25. The van der Waals surface area contributed by atoms with E-state index in [4.69, 9.17) is 0 Å². The zero-order valence-corrected chi connectivity index (χ0v) is 16.7. The van der Waals surface area contributed by atoms with Crippen LogP contribution in [0.1, 0.15) is 55.9 Å². The molecule has 0 spiro atoms. The Morgan fingerprint density at radius 3 is 2.38 bits per heavy atom. The van der Waals surface area contributed by atoms with Crippen LogP contribution in [0.3, 0.4) is 0 Å². The molecule has 1 aliphatic heterocycles. The fourth-order valence-corrected chi connectivity index (χ4v) is 3.68. The van der Waals surface area contributed by atoms with E-state index >= 15 is 0 Å². The van der Waals surface area contributed by atoms with Gasteiger partial charge >= 0.3 is 5.97 Å². The molecule has 5 nitrogen and oxygen atoms in total. The van der Waals surface area contributed by atoms with Gasteiger partial charge in [-0.15, -0.1) is 0 Å². The summed E-state index contributed by atoms with van der Waals surface area (Å²) in [6, 6.07) is 3.97. The van der Waals surface area contributed by atoms with Crippen LogP contribution < -0.4 is 5.32 Å². The van der Waals surface area contributed by atoms with Crippen molar-refractivity contribution in [1.82, 2.24) is 10.2 Å². The molecular weight excluding hydrogens is 328 g/mol. The van der Waals surface area contributed by atoms with E-state index in [-0.39, 0.29) is 17.9 Å². The molecule has 1 aliphatic rings. The van der Waals surface area contributed by atoms with Gasteiger partial charge in [0.15, 0.2) is 0 Å². The number of amides is 1. The molecule has 1 aromatic rings. The molecule has 2 N–H and O–H groups in total. The van der Waals surface area contributed by atoms with E-state index in [2.05, 4.69) is 52.1 Å². The maximum Gasteiger partial charge on any atom is 0.320 e. The summed E-state index contributed by atoms with van der Waals surface area (Å²) >= 11 is 0. The van der Waals surface area contributed by atoms with Crippen molar-refractivity contribution >= 4 is 11.9 Å². The Hall–Kier alpha value is -1.88. The maximum atomic E-state index is 12.2. The second kappa shape index (κ2) is 8.21. The van der Waals surface area contributed by atoms with Crippen LogP contribution in [0.15, 0.2) is 12.1 Å². The first-order valence-electron chi connectivity index (χ1n) is 9.43. The van der Waals surface area contributed by atoms with Crippen molar-refractivity contribution in [2.75, 3.05) is 19.6 Å². The van der Waals surface area contributed by atoms with Gasteiger partial charge < -0.3 is 10.4 Å². The predicted octanol–water partition coefficient (Wildman–Crippen LogP) is 2.81. The first-order valence-corrected chi connectivity index (χ1v) is 9.43. The minimum Gasteiger partial charge on any atom is -0.480 e. The summed E-state index contributed by atoms with van der Waals surface area (Å²) in [7, 11) is 0. The summed E-state index contributed by atoms with van der Waals surface area (Å²) in [5, 5.41) is 12.1. The van der Waals surface area contributed by atoms with Gasteiger partial charge in [0.1, 0.15) is 6.04 Å². The number of rotatable bonds is 6. The van der Waals surface area contributed by atoms with Gasteiger partial charge in [-0.25, -0.2) is 0 Å². The van der Waals surface area contributed by atoms with Gasteiger partial charge in [0.25, 0.3) is 0 Å². The van der Waals surface area contributed by atoms with Gasteiger partial charge in [0.2, 0.25) is 5.91 Å². The Morgan fingerprint density at radius 2 is 1.85 bits per heavy atom. The summed E-state index contributed by atoms with van der Waals surface area (Å²) in [4.78, 5) is 25.1. The van der Waals surface area contributed by atoms with Gasteiger partial charge in [-0.2, -0.15) is 0 Å². The van der Waals surface area contributed by atoms with Crippen molar-refractivity contribution in [1.29, 1.82) is 0 Å². The number of hydrogen-bond donors (Lipinski definition) is 2. The number of nitrogens with one attached hydrogen (secondary N) is 1. The van der Waals surface area contributed by atoms with Gasteiger partial charge in [-0.1, -0.05) is 32.9 Å². The highest BCUT2D eigenvalue weighted by Crippen LogP contribution is 2.27. The fraction of sp³-hybridized carbons (Fsp3) is 0.619. The van der Waals surface area contributed by atoms with Gasteiger partial charge in [-0.05, 0) is 67.3 Å². The van der Waals surface area contributed by atoms with Crippen molar-refractivity contribution in [3.05, 3.63) is 34.4 Å². The zero-order valence-electron chi connectivity index (χ0n) is 16.7. The molecule has 0 bridgehead atoms. The number of aryl methyl sites for hydroxylation is 2. The number of carboxylic acid groups (broad SMARTS) is 1. The molecule has 26 heavy (non-hydrogen) atoms. The molecular formula is C21H32N2O3. The van der Waals surface area contributed by atoms with E-state index in [1.54, 1.807) is 4.90 Å². The third kappa shape index (κ3) is 5.07. The highest BCUT2D eigenvalue weighted by molar-refractivity contribution is 5.80. The Balaban J connectivity index is 1.89. The van der Waals surface area contributed by atoms with Gasteiger partial charge in [0.05, 0.1) is 6.54 Å². The van der Waals surface area contributed by atoms with Crippen molar-refractivity contribution in [3.63, 3.8) is 0 Å². The average molecular weight is 360 g/mol. The lowest BCUT2D eigenvalue weighted by Crippen LogP contribution is -2.43. The Morgan fingerprint density at radius 1 is 1.23 bits per heavy atom. The van der Waals surface area contributed by atoms with Crippen molar-refractivity contribution in [2.45, 2.75) is 65.3 Å². The number of likely N-dealkylation sites (tertiary alicyclic amines) is 1. The van der Waals surface area contributed by atoms with Gasteiger partial charge in [0, 0.05) is 6.54 Å². The van der Waals surface area contributed by atoms with Crippen LogP contribution in [0.4, 0.5) is 0 Å². The first-order chi connectivity index (χ1) is 12.1. The lowest BCUT2D eigenvalue weighted by molar-refractivity contribution is -0.142. The van der Waals surface area contributed by atoms with Crippen LogP contribution in [0.2, 0.25) is 0 Å². The van der Waals surface area contributed by atoms with E-state index in [0.717, 1.165) is 12.8 Å². The molecule has 0 aliphatic carbocycles. The first kappa shape index (κ1) is 20.4. The quantitative estimate of drug-likeness (QED) is 0.818. The monoisotopic (exact) mass is 360 g/mol.